The molecule has 3 rings (SSSR count). The van der Waals surface area contributed by atoms with Crippen LogP contribution in [0.5, 0.6) is 5.75 Å². The number of rotatable bonds is 8. The van der Waals surface area contributed by atoms with Crippen molar-refractivity contribution < 1.29 is 19.4 Å². The van der Waals surface area contributed by atoms with Crippen molar-refractivity contribution in [3.63, 3.8) is 0 Å². The lowest BCUT2D eigenvalue weighted by molar-refractivity contribution is -0.385. The Morgan fingerprint density at radius 1 is 0.871 bits per heavy atom. The van der Waals surface area contributed by atoms with Crippen LogP contribution in [0.15, 0.2) is 77.9 Å². The van der Waals surface area contributed by atoms with Crippen LogP contribution in [-0.4, -0.2) is 22.0 Å². The minimum absolute atomic E-state index is 0.0214. The number of non-ortho nitro benzene ring substituents is 2. The summed E-state index contributed by atoms with van der Waals surface area (Å²) in [6.45, 7) is 0.261. The van der Waals surface area contributed by atoms with Gasteiger partial charge in [0.05, 0.1) is 16.1 Å². The number of amides is 1. The monoisotopic (exact) mass is 420 g/mol. The summed E-state index contributed by atoms with van der Waals surface area (Å²) in [6, 6.07) is 18.2. The van der Waals surface area contributed by atoms with Gasteiger partial charge >= 0.3 is 0 Å². The molecule has 0 saturated carbocycles. The molecule has 0 heterocycles. The molecule has 10 heteroatoms. The molecule has 0 saturated heterocycles. The molecule has 3 aromatic rings. The molecule has 0 aliphatic rings. The van der Waals surface area contributed by atoms with Crippen molar-refractivity contribution in [1.29, 1.82) is 0 Å². The van der Waals surface area contributed by atoms with Gasteiger partial charge in [0.25, 0.3) is 17.3 Å². The van der Waals surface area contributed by atoms with Gasteiger partial charge in [-0.1, -0.05) is 0 Å². The normalized spacial score (nSPS) is 10.6. The van der Waals surface area contributed by atoms with Gasteiger partial charge < -0.3 is 4.74 Å². The Morgan fingerprint density at radius 3 is 1.97 bits per heavy atom. The van der Waals surface area contributed by atoms with Crippen LogP contribution >= 0.6 is 0 Å². The van der Waals surface area contributed by atoms with E-state index in [0.717, 1.165) is 5.56 Å². The summed E-state index contributed by atoms with van der Waals surface area (Å²) in [5.41, 5.74) is 4.03. The fourth-order valence-corrected chi connectivity index (χ4v) is 2.50. The number of hydrogen-bond donors (Lipinski definition) is 1. The van der Waals surface area contributed by atoms with E-state index in [4.69, 9.17) is 4.74 Å². The highest BCUT2D eigenvalue weighted by Gasteiger charge is 2.08. The van der Waals surface area contributed by atoms with E-state index in [9.17, 15) is 25.0 Å². The van der Waals surface area contributed by atoms with Gasteiger partial charge in [-0.15, -0.1) is 0 Å². The van der Waals surface area contributed by atoms with Crippen LogP contribution in [0.4, 0.5) is 11.4 Å². The van der Waals surface area contributed by atoms with Crippen molar-refractivity contribution >= 4 is 23.5 Å². The van der Waals surface area contributed by atoms with Crippen LogP contribution in [0, 0.1) is 20.2 Å². The maximum absolute atomic E-state index is 12.0. The molecule has 0 aliphatic carbocycles. The highest BCUT2D eigenvalue weighted by molar-refractivity contribution is 5.95. The lowest BCUT2D eigenvalue weighted by Crippen LogP contribution is -2.17. The number of hydrazone groups is 1. The number of nitrogens with zero attached hydrogens (tertiary/aromatic N) is 3. The Hall–Kier alpha value is -4.60. The van der Waals surface area contributed by atoms with Crippen LogP contribution < -0.4 is 10.2 Å². The summed E-state index contributed by atoms with van der Waals surface area (Å²) in [6.07, 6.45) is 1.45. The molecule has 0 fully saturated rings. The maximum Gasteiger partial charge on any atom is 0.271 e. The highest BCUT2D eigenvalue weighted by Crippen LogP contribution is 2.16. The fraction of sp³-hybridized carbons (Fsp3) is 0.0476. The van der Waals surface area contributed by atoms with E-state index in [1.807, 2.05) is 0 Å². The van der Waals surface area contributed by atoms with Crippen molar-refractivity contribution in [3.8, 4) is 5.75 Å². The van der Waals surface area contributed by atoms with Gasteiger partial charge in [-0.05, 0) is 59.7 Å². The van der Waals surface area contributed by atoms with E-state index in [-0.39, 0.29) is 23.5 Å². The summed E-state index contributed by atoms with van der Waals surface area (Å²) >= 11 is 0. The zero-order valence-electron chi connectivity index (χ0n) is 16.0. The Bertz CT molecular complexity index is 1110. The molecular formula is C21H16N4O6. The second kappa shape index (κ2) is 9.74. The third kappa shape index (κ3) is 5.94. The molecule has 0 atom stereocenters. The quantitative estimate of drug-likeness (QED) is 0.334. The number of nitrogens with one attached hydrogen (secondary N) is 1. The van der Waals surface area contributed by atoms with Gasteiger partial charge in [-0.2, -0.15) is 5.10 Å². The Morgan fingerprint density at radius 2 is 1.42 bits per heavy atom. The van der Waals surface area contributed by atoms with Gasteiger partial charge in [0.1, 0.15) is 12.4 Å². The summed E-state index contributed by atoms with van der Waals surface area (Å²) in [4.78, 5) is 32.3. The lowest BCUT2D eigenvalue weighted by Gasteiger charge is -2.06. The molecule has 0 bridgehead atoms. The van der Waals surface area contributed by atoms with Gasteiger partial charge in [0.2, 0.25) is 0 Å². The summed E-state index contributed by atoms with van der Waals surface area (Å²) in [7, 11) is 0. The topological polar surface area (TPSA) is 137 Å². The first-order chi connectivity index (χ1) is 14.9. The van der Waals surface area contributed by atoms with E-state index in [0.29, 0.717) is 11.3 Å². The molecule has 0 aromatic heterocycles. The smallest absolute Gasteiger partial charge is 0.271 e. The number of nitro groups is 2. The van der Waals surface area contributed by atoms with Crippen LogP contribution in [0.3, 0.4) is 0 Å². The summed E-state index contributed by atoms with van der Waals surface area (Å²) in [5.74, 6) is 0.111. The van der Waals surface area contributed by atoms with Crippen molar-refractivity contribution in [2.24, 2.45) is 5.10 Å². The average Bonchev–Trinajstić information content (AvgIpc) is 2.78. The Kier molecular flexibility index (Phi) is 6.64. The fourth-order valence-electron chi connectivity index (χ4n) is 2.50. The van der Waals surface area contributed by atoms with Gasteiger partial charge in [0.15, 0.2) is 0 Å². The highest BCUT2D eigenvalue weighted by atomic mass is 16.6. The first-order valence-electron chi connectivity index (χ1n) is 8.96. The molecule has 0 aliphatic heterocycles. The SMILES string of the molecule is O=C(N/N=C\c1ccc(OCc2ccc([N+](=O)[O-])cc2)cc1)c1ccc([N+](=O)[O-])cc1. The number of benzene rings is 3. The molecule has 0 radical (unpaired) electrons. The van der Waals surface area contributed by atoms with E-state index < -0.39 is 15.8 Å². The minimum atomic E-state index is -0.543. The zero-order chi connectivity index (χ0) is 22.2. The van der Waals surface area contributed by atoms with Crippen LogP contribution in [0.2, 0.25) is 0 Å². The van der Waals surface area contributed by atoms with E-state index in [2.05, 4.69) is 10.5 Å². The number of carbonyl (C=O) groups excluding carboxylic acids is 1. The molecule has 156 valence electrons. The number of hydrogen-bond acceptors (Lipinski definition) is 7. The second-order valence-corrected chi connectivity index (χ2v) is 6.28. The number of carbonyl (C=O) groups is 1. The molecule has 0 unspecified atom stereocenters. The molecule has 1 N–H and O–H groups in total. The first-order valence-corrected chi connectivity index (χ1v) is 8.96. The molecule has 31 heavy (non-hydrogen) atoms. The first kappa shape index (κ1) is 21.1. The molecule has 3 aromatic carbocycles. The average molecular weight is 420 g/mol. The predicted molar refractivity (Wildman–Crippen MR) is 112 cm³/mol. The van der Waals surface area contributed by atoms with Gasteiger partial charge in [-0.3, -0.25) is 25.0 Å². The predicted octanol–water partition coefficient (Wildman–Crippen LogP) is 3.85. The third-order valence-electron chi connectivity index (χ3n) is 4.15. The van der Waals surface area contributed by atoms with Gasteiger partial charge in [-0.25, -0.2) is 5.43 Å². The minimum Gasteiger partial charge on any atom is -0.489 e. The van der Waals surface area contributed by atoms with Crippen molar-refractivity contribution in [1.82, 2.24) is 5.43 Å². The number of nitro benzene ring substituents is 2. The Balaban J connectivity index is 1.50. The number of ether oxygens (including phenoxy) is 1. The van der Waals surface area contributed by atoms with Crippen molar-refractivity contribution in [3.05, 3.63) is 110 Å². The molecule has 1 amide bonds. The zero-order valence-corrected chi connectivity index (χ0v) is 16.0. The molecule has 0 spiro atoms. The maximum atomic E-state index is 12.0. The van der Waals surface area contributed by atoms with Crippen molar-refractivity contribution in [2.75, 3.05) is 0 Å². The van der Waals surface area contributed by atoms with Crippen LogP contribution in [0.25, 0.3) is 0 Å². The standard InChI is InChI=1S/C21H16N4O6/c26-21(17-5-9-19(10-6-17)25(29)30)23-22-13-15-3-11-20(12-4-15)31-14-16-1-7-18(8-2-16)24(27)28/h1-13H,14H2,(H,23,26)/b22-13-. The second-order valence-electron chi connectivity index (χ2n) is 6.28. The molecule has 10 nitrogen and oxygen atoms in total. The Labute approximate surface area is 176 Å². The van der Waals surface area contributed by atoms with Gasteiger partial charge in [0, 0.05) is 29.8 Å². The van der Waals surface area contributed by atoms with E-state index in [1.165, 1.54) is 42.6 Å². The van der Waals surface area contributed by atoms with Crippen LogP contribution in [-0.2, 0) is 6.61 Å². The molecular weight excluding hydrogens is 404 g/mol. The largest absolute Gasteiger partial charge is 0.489 e. The lowest BCUT2D eigenvalue weighted by atomic mass is 10.2. The van der Waals surface area contributed by atoms with Crippen LogP contribution in [0.1, 0.15) is 21.5 Å². The van der Waals surface area contributed by atoms with E-state index in [1.54, 1.807) is 36.4 Å². The summed E-state index contributed by atoms with van der Waals surface area (Å²) in [5, 5.41) is 25.2. The van der Waals surface area contributed by atoms with Crippen molar-refractivity contribution in [2.45, 2.75) is 6.61 Å². The van der Waals surface area contributed by atoms with E-state index >= 15 is 0 Å². The third-order valence-corrected chi connectivity index (χ3v) is 4.15. The summed E-state index contributed by atoms with van der Waals surface area (Å²) < 4.78 is 5.64.